The van der Waals surface area contributed by atoms with Gasteiger partial charge in [-0.25, -0.2) is 4.79 Å². The summed E-state index contributed by atoms with van der Waals surface area (Å²) in [5, 5.41) is 0. The van der Waals surface area contributed by atoms with Crippen molar-refractivity contribution < 1.29 is 0 Å². The van der Waals surface area contributed by atoms with Gasteiger partial charge in [-0.15, -0.1) is 0 Å². The van der Waals surface area contributed by atoms with E-state index in [9.17, 15) is 4.79 Å². The molecule has 15 heavy (non-hydrogen) atoms. The average Bonchev–Trinajstić information content (AvgIpc) is 2.45. The standard InChI is InChI=1S/C12H16N2O/c1-4-5-9-6-7-10-11(8-9)14(3)12(15)13(10)2/h6-8H,4-5H2,1-3H3. The third-order valence-electron chi connectivity index (χ3n) is 2.88. The number of nitrogens with zero attached hydrogens (tertiary/aromatic N) is 2. The van der Waals surface area contributed by atoms with Crippen molar-refractivity contribution in [2.24, 2.45) is 14.1 Å². The molecule has 0 aliphatic heterocycles. The smallest absolute Gasteiger partial charge is 0.295 e. The Kier molecular flexibility index (Phi) is 2.39. The number of aryl methyl sites for hydroxylation is 3. The molecular formula is C12H16N2O. The zero-order chi connectivity index (χ0) is 11.0. The lowest BCUT2D eigenvalue weighted by molar-refractivity contribution is 0.795. The van der Waals surface area contributed by atoms with Gasteiger partial charge in [0.25, 0.3) is 0 Å². The highest BCUT2D eigenvalue weighted by atomic mass is 16.1. The van der Waals surface area contributed by atoms with Crippen molar-refractivity contribution in [3.8, 4) is 0 Å². The molecule has 3 heteroatoms. The molecule has 0 atom stereocenters. The van der Waals surface area contributed by atoms with E-state index in [1.54, 1.807) is 9.13 Å². The second-order valence-corrected chi connectivity index (χ2v) is 3.97. The van der Waals surface area contributed by atoms with Gasteiger partial charge in [-0.05, 0) is 24.1 Å². The van der Waals surface area contributed by atoms with Gasteiger partial charge in [0.05, 0.1) is 11.0 Å². The minimum absolute atomic E-state index is 0.0404. The van der Waals surface area contributed by atoms with Crippen LogP contribution in [0.1, 0.15) is 18.9 Å². The molecule has 0 spiro atoms. The van der Waals surface area contributed by atoms with Crippen molar-refractivity contribution in [2.75, 3.05) is 0 Å². The van der Waals surface area contributed by atoms with E-state index in [0.717, 1.165) is 23.9 Å². The van der Waals surface area contributed by atoms with Gasteiger partial charge in [0, 0.05) is 14.1 Å². The van der Waals surface area contributed by atoms with Crippen LogP contribution in [-0.2, 0) is 20.5 Å². The quantitative estimate of drug-likeness (QED) is 0.733. The first kappa shape index (κ1) is 10.0. The van der Waals surface area contributed by atoms with Crippen LogP contribution in [0.4, 0.5) is 0 Å². The first-order valence-electron chi connectivity index (χ1n) is 5.29. The number of fused-ring (bicyclic) bond motifs is 1. The molecule has 1 aromatic carbocycles. The minimum Gasteiger partial charge on any atom is -0.295 e. The Balaban J connectivity index is 2.71. The van der Waals surface area contributed by atoms with Gasteiger partial charge < -0.3 is 0 Å². The van der Waals surface area contributed by atoms with Crippen molar-refractivity contribution in [1.29, 1.82) is 0 Å². The molecule has 0 radical (unpaired) electrons. The lowest BCUT2D eigenvalue weighted by Crippen LogP contribution is -2.19. The molecule has 2 rings (SSSR count). The van der Waals surface area contributed by atoms with E-state index in [0.29, 0.717) is 0 Å². The van der Waals surface area contributed by atoms with E-state index in [-0.39, 0.29) is 5.69 Å². The zero-order valence-corrected chi connectivity index (χ0v) is 9.45. The van der Waals surface area contributed by atoms with Gasteiger partial charge in [0.1, 0.15) is 0 Å². The van der Waals surface area contributed by atoms with Crippen LogP contribution >= 0.6 is 0 Å². The predicted octanol–water partition coefficient (Wildman–Crippen LogP) is 1.83. The maximum absolute atomic E-state index is 11.7. The summed E-state index contributed by atoms with van der Waals surface area (Å²) >= 11 is 0. The van der Waals surface area contributed by atoms with E-state index < -0.39 is 0 Å². The monoisotopic (exact) mass is 204 g/mol. The van der Waals surface area contributed by atoms with E-state index in [1.807, 2.05) is 20.2 Å². The molecule has 0 unspecified atom stereocenters. The third kappa shape index (κ3) is 1.48. The largest absolute Gasteiger partial charge is 0.328 e. The van der Waals surface area contributed by atoms with Gasteiger partial charge in [0.2, 0.25) is 0 Å². The van der Waals surface area contributed by atoms with Crippen molar-refractivity contribution >= 4 is 11.0 Å². The topological polar surface area (TPSA) is 26.9 Å². The molecule has 1 aromatic heterocycles. The maximum atomic E-state index is 11.7. The highest BCUT2D eigenvalue weighted by Gasteiger charge is 2.07. The maximum Gasteiger partial charge on any atom is 0.328 e. The zero-order valence-electron chi connectivity index (χ0n) is 9.45. The Bertz CT molecular complexity index is 548. The molecular weight excluding hydrogens is 188 g/mol. The summed E-state index contributed by atoms with van der Waals surface area (Å²) in [5.74, 6) is 0. The van der Waals surface area contributed by atoms with Crippen LogP contribution in [0.25, 0.3) is 11.0 Å². The van der Waals surface area contributed by atoms with Crippen molar-refractivity contribution in [3.63, 3.8) is 0 Å². The van der Waals surface area contributed by atoms with Gasteiger partial charge in [0.15, 0.2) is 0 Å². The Hall–Kier alpha value is -1.51. The van der Waals surface area contributed by atoms with Crippen molar-refractivity contribution in [1.82, 2.24) is 9.13 Å². The van der Waals surface area contributed by atoms with Crippen LogP contribution in [0.15, 0.2) is 23.0 Å². The summed E-state index contributed by atoms with van der Waals surface area (Å²) in [7, 11) is 3.63. The van der Waals surface area contributed by atoms with Crippen LogP contribution in [-0.4, -0.2) is 9.13 Å². The lowest BCUT2D eigenvalue weighted by atomic mass is 10.1. The summed E-state index contributed by atoms with van der Waals surface area (Å²) in [6, 6.07) is 6.24. The van der Waals surface area contributed by atoms with E-state index in [2.05, 4.69) is 19.1 Å². The SMILES string of the molecule is CCCc1ccc2c(c1)n(C)c(=O)n2C. The molecule has 0 saturated heterocycles. The molecule has 0 fully saturated rings. The molecule has 0 aliphatic carbocycles. The molecule has 3 nitrogen and oxygen atoms in total. The van der Waals surface area contributed by atoms with Crippen LogP contribution < -0.4 is 5.69 Å². The molecule has 0 aliphatic rings. The summed E-state index contributed by atoms with van der Waals surface area (Å²) < 4.78 is 3.39. The molecule has 80 valence electrons. The van der Waals surface area contributed by atoms with Crippen LogP contribution in [0.2, 0.25) is 0 Å². The van der Waals surface area contributed by atoms with Crippen LogP contribution in [0.3, 0.4) is 0 Å². The average molecular weight is 204 g/mol. The molecule has 0 bridgehead atoms. The molecule has 2 aromatic rings. The van der Waals surface area contributed by atoms with Gasteiger partial charge in [-0.2, -0.15) is 0 Å². The lowest BCUT2D eigenvalue weighted by Gasteiger charge is -2.00. The van der Waals surface area contributed by atoms with Crippen LogP contribution in [0.5, 0.6) is 0 Å². The molecule has 0 amide bonds. The minimum atomic E-state index is 0.0404. The summed E-state index contributed by atoms with van der Waals surface area (Å²) in [6.45, 7) is 2.16. The Morgan fingerprint density at radius 3 is 2.47 bits per heavy atom. The number of benzene rings is 1. The fourth-order valence-corrected chi connectivity index (χ4v) is 2.00. The second-order valence-electron chi connectivity index (χ2n) is 3.97. The van der Waals surface area contributed by atoms with Crippen molar-refractivity contribution in [2.45, 2.75) is 19.8 Å². The summed E-state index contributed by atoms with van der Waals surface area (Å²) in [5.41, 5.74) is 3.36. The predicted molar refractivity (Wildman–Crippen MR) is 62.2 cm³/mol. The van der Waals surface area contributed by atoms with E-state index >= 15 is 0 Å². The Labute approximate surface area is 88.9 Å². The van der Waals surface area contributed by atoms with Crippen LogP contribution in [0, 0.1) is 0 Å². The highest BCUT2D eigenvalue weighted by Crippen LogP contribution is 2.14. The highest BCUT2D eigenvalue weighted by molar-refractivity contribution is 5.76. The number of hydrogen-bond donors (Lipinski definition) is 0. The van der Waals surface area contributed by atoms with Crippen molar-refractivity contribution in [3.05, 3.63) is 34.2 Å². The first-order valence-corrected chi connectivity index (χ1v) is 5.29. The number of hydrogen-bond acceptors (Lipinski definition) is 1. The van der Waals surface area contributed by atoms with Gasteiger partial charge >= 0.3 is 5.69 Å². The van der Waals surface area contributed by atoms with Gasteiger partial charge in [-0.3, -0.25) is 9.13 Å². The molecule has 1 heterocycles. The van der Waals surface area contributed by atoms with E-state index in [4.69, 9.17) is 0 Å². The molecule has 0 N–H and O–H groups in total. The fraction of sp³-hybridized carbons (Fsp3) is 0.417. The summed E-state index contributed by atoms with van der Waals surface area (Å²) in [6.07, 6.45) is 2.20. The third-order valence-corrected chi connectivity index (χ3v) is 2.88. The Morgan fingerprint density at radius 2 is 1.80 bits per heavy atom. The van der Waals surface area contributed by atoms with E-state index in [1.165, 1.54) is 5.56 Å². The second kappa shape index (κ2) is 3.57. The number of aromatic nitrogens is 2. The van der Waals surface area contributed by atoms with Gasteiger partial charge in [-0.1, -0.05) is 19.4 Å². The first-order chi connectivity index (χ1) is 7.15. The summed E-state index contributed by atoms with van der Waals surface area (Å²) in [4.78, 5) is 11.7. The normalized spacial score (nSPS) is 11.1. The molecule has 0 saturated carbocycles. The fourth-order valence-electron chi connectivity index (χ4n) is 2.00. The number of rotatable bonds is 2. The Morgan fingerprint density at radius 1 is 1.13 bits per heavy atom. The number of imidazole rings is 1.